The van der Waals surface area contributed by atoms with Crippen LogP contribution >= 0.6 is 0 Å². The van der Waals surface area contributed by atoms with Gasteiger partial charge in [-0.15, -0.1) is 0 Å². The molecule has 19 heavy (non-hydrogen) atoms. The second kappa shape index (κ2) is 7.64. The lowest BCUT2D eigenvalue weighted by Gasteiger charge is -2.34. The van der Waals surface area contributed by atoms with Crippen molar-refractivity contribution in [2.24, 2.45) is 11.8 Å². The molecule has 4 unspecified atom stereocenters. The van der Waals surface area contributed by atoms with Crippen molar-refractivity contribution in [1.29, 1.82) is 0 Å². The minimum Gasteiger partial charge on any atom is -0.392 e. The zero-order chi connectivity index (χ0) is 13.7. The maximum absolute atomic E-state index is 10.2. The lowest BCUT2D eigenvalue weighted by atomic mass is 9.80. The lowest BCUT2D eigenvalue weighted by molar-refractivity contribution is 0.105. The first-order valence-electron chi connectivity index (χ1n) is 8.59. The molecule has 0 aromatic carbocycles. The van der Waals surface area contributed by atoms with Crippen molar-refractivity contribution in [2.45, 2.75) is 96.2 Å². The number of hydrogen-bond acceptors (Lipinski definition) is 2. The third kappa shape index (κ3) is 5.07. The molecule has 2 aliphatic carbocycles. The fourth-order valence-electron chi connectivity index (χ4n) is 4.11. The third-order valence-electron chi connectivity index (χ3n) is 5.02. The van der Waals surface area contributed by atoms with Crippen LogP contribution in [0.2, 0.25) is 0 Å². The standard InChI is InChI=1S/C17H33NO/c1-13(2)11-14-7-6-8-15(12-14)18-16-9-4-3-5-10-17(16)19/h13-19H,3-12H2,1-2H3. The molecule has 0 amide bonds. The summed E-state index contributed by atoms with van der Waals surface area (Å²) in [6.45, 7) is 4.68. The van der Waals surface area contributed by atoms with Gasteiger partial charge in [-0.25, -0.2) is 0 Å². The predicted molar refractivity (Wildman–Crippen MR) is 81.2 cm³/mol. The van der Waals surface area contributed by atoms with Gasteiger partial charge in [-0.3, -0.25) is 0 Å². The van der Waals surface area contributed by atoms with Crippen LogP contribution in [0.25, 0.3) is 0 Å². The molecule has 0 aromatic rings. The fraction of sp³-hybridized carbons (Fsp3) is 1.00. The summed E-state index contributed by atoms with van der Waals surface area (Å²) in [5.41, 5.74) is 0. The molecule has 2 rings (SSSR count). The highest BCUT2D eigenvalue weighted by Crippen LogP contribution is 2.30. The molecular formula is C17H33NO. The Morgan fingerprint density at radius 3 is 2.58 bits per heavy atom. The Morgan fingerprint density at radius 2 is 1.79 bits per heavy atom. The van der Waals surface area contributed by atoms with Gasteiger partial charge >= 0.3 is 0 Å². The second-order valence-electron chi connectivity index (χ2n) is 7.34. The summed E-state index contributed by atoms with van der Waals surface area (Å²) in [5, 5.41) is 14.0. The first-order valence-corrected chi connectivity index (χ1v) is 8.59. The van der Waals surface area contributed by atoms with Crippen molar-refractivity contribution < 1.29 is 5.11 Å². The molecule has 2 aliphatic rings. The Labute approximate surface area is 119 Å². The van der Waals surface area contributed by atoms with E-state index in [0.717, 1.165) is 18.3 Å². The van der Waals surface area contributed by atoms with Crippen LogP contribution in [0.15, 0.2) is 0 Å². The average Bonchev–Trinajstić information content (AvgIpc) is 2.55. The van der Waals surface area contributed by atoms with E-state index in [9.17, 15) is 5.11 Å². The highest BCUT2D eigenvalue weighted by atomic mass is 16.3. The van der Waals surface area contributed by atoms with E-state index < -0.39 is 0 Å². The minimum atomic E-state index is -0.104. The molecule has 2 N–H and O–H groups in total. The van der Waals surface area contributed by atoms with Crippen LogP contribution in [-0.4, -0.2) is 23.3 Å². The summed E-state index contributed by atoms with van der Waals surface area (Å²) in [5.74, 6) is 1.74. The van der Waals surface area contributed by atoms with Crippen molar-refractivity contribution in [2.75, 3.05) is 0 Å². The third-order valence-corrected chi connectivity index (χ3v) is 5.02. The van der Waals surface area contributed by atoms with Crippen LogP contribution < -0.4 is 5.32 Å². The van der Waals surface area contributed by atoms with Gasteiger partial charge in [0.2, 0.25) is 0 Å². The topological polar surface area (TPSA) is 32.3 Å². The molecule has 2 saturated carbocycles. The van der Waals surface area contributed by atoms with Gasteiger partial charge in [0.05, 0.1) is 6.10 Å². The maximum Gasteiger partial charge on any atom is 0.0693 e. The molecule has 2 fully saturated rings. The zero-order valence-electron chi connectivity index (χ0n) is 12.9. The van der Waals surface area contributed by atoms with Crippen LogP contribution in [0.5, 0.6) is 0 Å². The number of nitrogens with one attached hydrogen (secondary N) is 1. The van der Waals surface area contributed by atoms with E-state index in [2.05, 4.69) is 19.2 Å². The van der Waals surface area contributed by atoms with Crippen molar-refractivity contribution in [1.82, 2.24) is 5.32 Å². The first kappa shape index (κ1) is 15.3. The smallest absolute Gasteiger partial charge is 0.0693 e. The van der Waals surface area contributed by atoms with E-state index >= 15 is 0 Å². The van der Waals surface area contributed by atoms with E-state index in [0.29, 0.717) is 12.1 Å². The molecule has 0 radical (unpaired) electrons. The summed E-state index contributed by atoms with van der Waals surface area (Å²) in [6, 6.07) is 1.03. The van der Waals surface area contributed by atoms with Gasteiger partial charge in [0, 0.05) is 12.1 Å². The van der Waals surface area contributed by atoms with Crippen molar-refractivity contribution in [3.8, 4) is 0 Å². The van der Waals surface area contributed by atoms with Crippen molar-refractivity contribution in [3.05, 3.63) is 0 Å². The fourth-order valence-corrected chi connectivity index (χ4v) is 4.11. The Kier molecular flexibility index (Phi) is 6.15. The van der Waals surface area contributed by atoms with Gasteiger partial charge in [0.25, 0.3) is 0 Å². The maximum atomic E-state index is 10.2. The number of aliphatic hydroxyl groups is 1. The van der Waals surface area contributed by atoms with Gasteiger partial charge in [-0.2, -0.15) is 0 Å². The Morgan fingerprint density at radius 1 is 1.00 bits per heavy atom. The monoisotopic (exact) mass is 267 g/mol. The molecule has 2 nitrogen and oxygen atoms in total. The molecule has 4 atom stereocenters. The number of rotatable bonds is 4. The zero-order valence-corrected chi connectivity index (χ0v) is 12.9. The predicted octanol–water partition coefficient (Wildman–Crippen LogP) is 3.87. The lowest BCUT2D eigenvalue weighted by Crippen LogP contribution is -2.46. The largest absolute Gasteiger partial charge is 0.392 e. The van der Waals surface area contributed by atoms with Gasteiger partial charge < -0.3 is 10.4 Å². The SMILES string of the molecule is CC(C)CC1CCCC(NC2CCCCCC2O)C1. The van der Waals surface area contributed by atoms with E-state index in [-0.39, 0.29) is 6.10 Å². The Bertz CT molecular complexity index is 254. The normalized spacial score (nSPS) is 37.3. The first-order chi connectivity index (χ1) is 9.15. The molecular weight excluding hydrogens is 234 g/mol. The highest BCUT2D eigenvalue weighted by molar-refractivity contribution is 4.86. The van der Waals surface area contributed by atoms with E-state index in [1.165, 1.54) is 57.8 Å². The molecule has 2 heteroatoms. The quantitative estimate of drug-likeness (QED) is 0.758. The van der Waals surface area contributed by atoms with Gasteiger partial charge in [0.15, 0.2) is 0 Å². The Hall–Kier alpha value is -0.0800. The Balaban J connectivity index is 1.80. The van der Waals surface area contributed by atoms with Crippen LogP contribution in [0.3, 0.4) is 0 Å². The molecule has 0 spiro atoms. The molecule has 0 saturated heterocycles. The summed E-state index contributed by atoms with van der Waals surface area (Å²) >= 11 is 0. The van der Waals surface area contributed by atoms with Crippen LogP contribution in [0.4, 0.5) is 0 Å². The van der Waals surface area contributed by atoms with Crippen LogP contribution in [0, 0.1) is 11.8 Å². The summed E-state index contributed by atoms with van der Waals surface area (Å²) < 4.78 is 0. The van der Waals surface area contributed by atoms with Crippen LogP contribution in [0.1, 0.15) is 78.1 Å². The minimum absolute atomic E-state index is 0.104. The van der Waals surface area contributed by atoms with Crippen molar-refractivity contribution >= 4 is 0 Å². The van der Waals surface area contributed by atoms with E-state index in [1.54, 1.807) is 0 Å². The second-order valence-corrected chi connectivity index (χ2v) is 7.34. The summed E-state index contributed by atoms with van der Waals surface area (Å²) in [7, 11) is 0. The molecule has 112 valence electrons. The van der Waals surface area contributed by atoms with E-state index in [4.69, 9.17) is 0 Å². The average molecular weight is 267 g/mol. The molecule has 0 bridgehead atoms. The van der Waals surface area contributed by atoms with E-state index in [1.807, 2.05) is 0 Å². The van der Waals surface area contributed by atoms with Crippen LogP contribution in [-0.2, 0) is 0 Å². The highest BCUT2D eigenvalue weighted by Gasteiger charge is 2.27. The summed E-state index contributed by atoms with van der Waals surface area (Å²) in [6.07, 6.45) is 12.7. The van der Waals surface area contributed by atoms with Gasteiger partial charge in [-0.05, 0) is 43.9 Å². The molecule has 0 aromatic heterocycles. The molecule has 0 heterocycles. The molecule has 0 aliphatic heterocycles. The number of aliphatic hydroxyl groups excluding tert-OH is 1. The van der Waals surface area contributed by atoms with Gasteiger partial charge in [0.1, 0.15) is 0 Å². The van der Waals surface area contributed by atoms with Crippen molar-refractivity contribution in [3.63, 3.8) is 0 Å². The summed E-state index contributed by atoms with van der Waals surface area (Å²) in [4.78, 5) is 0. The number of hydrogen-bond donors (Lipinski definition) is 2. The van der Waals surface area contributed by atoms with Gasteiger partial charge in [-0.1, -0.05) is 46.0 Å².